The van der Waals surface area contributed by atoms with E-state index in [0.717, 1.165) is 17.5 Å². The largest absolute Gasteiger partial charge is 0.207 e. The summed E-state index contributed by atoms with van der Waals surface area (Å²) in [6, 6.07) is 5.89. The van der Waals surface area contributed by atoms with E-state index in [0.29, 0.717) is 11.8 Å². The monoisotopic (exact) mass is 220 g/mol. The Kier molecular flexibility index (Phi) is 3.63. The highest BCUT2D eigenvalue weighted by atomic mass is 19.1. The zero-order valence-corrected chi connectivity index (χ0v) is 10.3. The van der Waals surface area contributed by atoms with Crippen LogP contribution in [0.2, 0.25) is 0 Å². The van der Waals surface area contributed by atoms with Crippen molar-refractivity contribution in [2.75, 3.05) is 0 Å². The van der Waals surface area contributed by atoms with Gasteiger partial charge in [0.2, 0.25) is 0 Å². The zero-order chi connectivity index (χ0) is 11.5. The molecule has 2 rings (SSSR count). The highest BCUT2D eigenvalue weighted by Crippen LogP contribution is 2.36. The normalized spacial score (nSPS) is 18.9. The van der Waals surface area contributed by atoms with Gasteiger partial charge in [-0.3, -0.25) is 0 Å². The Bertz CT molecular complexity index is 350. The van der Waals surface area contributed by atoms with Crippen molar-refractivity contribution in [2.24, 2.45) is 0 Å². The number of rotatable bonds is 3. The van der Waals surface area contributed by atoms with E-state index in [1.165, 1.54) is 25.7 Å². The molecule has 0 amide bonds. The highest BCUT2D eigenvalue weighted by molar-refractivity contribution is 5.29. The molecule has 1 atom stereocenters. The summed E-state index contributed by atoms with van der Waals surface area (Å²) < 4.78 is 14.0. The molecule has 0 radical (unpaired) electrons. The summed E-state index contributed by atoms with van der Waals surface area (Å²) in [5.74, 6) is 0.961. The molecule has 16 heavy (non-hydrogen) atoms. The molecule has 0 aliphatic heterocycles. The average Bonchev–Trinajstić information content (AvgIpc) is 2.81. The van der Waals surface area contributed by atoms with Gasteiger partial charge in [0.25, 0.3) is 0 Å². The summed E-state index contributed by atoms with van der Waals surface area (Å²) in [6.45, 7) is 4.30. The first-order valence-electron chi connectivity index (χ1n) is 6.51. The molecule has 1 aliphatic carbocycles. The van der Waals surface area contributed by atoms with Crippen LogP contribution >= 0.6 is 0 Å². The Hall–Kier alpha value is -0.850. The van der Waals surface area contributed by atoms with E-state index >= 15 is 0 Å². The third-order valence-electron chi connectivity index (χ3n) is 4.00. The van der Waals surface area contributed by atoms with E-state index in [1.807, 2.05) is 6.07 Å². The van der Waals surface area contributed by atoms with Gasteiger partial charge in [0.1, 0.15) is 5.82 Å². The maximum absolute atomic E-state index is 14.0. The fourth-order valence-corrected chi connectivity index (χ4v) is 2.65. The van der Waals surface area contributed by atoms with E-state index in [-0.39, 0.29) is 5.82 Å². The van der Waals surface area contributed by atoms with Gasteiger partial charge in [-0.1, -0.05) is 38.8 Å². The highest BCUT2D eigenvalue weighted by Gasteiger charge is 2.20. The Morgan fingerprint density at radius 1 is 1.31 bits per heavy atom. The third kappa shape index (κ3) is 2.28. The van der Waals surface area contributed by atoms with Crippen molar-refractivity contribution in [3.63, 3.8) is 0 Å². The van der Waals surface area contributed by atoms with Crippen molar-refractivity contribution in [2.45, 2.75) is 57.8 Å². The van der Waals surface area contributed by atoms with Crippen LogP contribution in [-0.4, -0.2) is 0 Å². The molecule has 0 spiro atoms. The molecule has 0 saturated heterocycles. The van der Waals surface area contributed by atoms with Gasteiger partial charge in [0.15, 0.2) is 0 Å². The maximum atomic E-state index is 14.0. The first-order chi connectivity index (χ1) is 7.72. The summed E-state index contributed by atoms with van der Waals surface area (Å²) in [4.78, 5) is 0. The van der Waals surface area contributed by atoms with Crippen LogP contribution in [0.25, 0.3) is 0 Å². The Morgan fingerprint density at radius 2 is 2.00 bits per heavy atom. The van der Waals surface area contributed by atoms with Crippen LogP contribution < -0.4 is 0 Å². The number of hydrogen-bond donors (Lipinski definition) is 0. The van der Waals surface area contributed by atoms with Gasteiger partial charge in [0.05, 0.1) is 0 Å². The van der Waals surface area contributed by atoms with E-state index in [4.69, 9.17) is 0 Å². The van der Waals surface area contributed by atoms with Crippen LogP contribution in [0, 0.1) is 5.82 Å². The average molecular weight is 220 g/mol. The molecule has 0 nitrogen and oxygen atoms in total. The molecular formula is C15H21F. The van der Waals surface area contributed by atoms with Crippen molar-refractivity contribution < 1.29 is 4.39 Å². The van der Waals surface area contributed by atoms with E-state index in [1.54, 1.807) is 6.07 Å². The van der Waals surface area contributed by atoms with E-state index in [9.17, 15) is 4.39 Å². The molecule has 1 aromatic carbocycles. The molecule has 1 heteroatoms. The van der Waals surface area contributed by atoms with Crippen LogP contribution in [0.3, 0.4) is 0 Å². The Morgan fingerprint density at radius 3 is 2.56 bits per heavy atom. The minimum Gasteiger partial charge on any atom is -0.207 e. The van der Waals surface area contributed by atoms with Crippen molar-refractivity contribution in [3.8, 4) is 0 Å². The van der Waals surface area contributed by atoms with Crippen molar-refractivity contribution >= 4 is 0 Å². The lowest BCUT2D eigenvalue weighted by Gasteiger charge is -2.14. The van der Waals surface area contributed by atoms with Crippen molar-refractivity contribution in [1.82, 2.24) is 0 Å². The van der Waals surface area contributed by atoms with Gasteiger partial charge in [-0.25, -0.2) is 4.39 Å². The Balaban J connectivity index is 2.22. The molecule has 1 unspecified atom stereocenters. The summed E-state index contributed by atoms with van der Waals surface area (Å²) in [5, 5.41) is 0. The minimum absolute atomic E-state index is 0.0182. The molecule has 1 fully saturated rings. The summed E-state index contributed by atoms with van der Waals surface area (Å²) in [7, 11) is 0. The second-order valence-corrected chi connectivity index (χ2v) is 5.07. The standard InChI is InChI=1S/C15H21F/c1-3-11(2)13-8-9-14(15(16)10-13)12-6-4-5-7-12/h8-12H,3-7H2,1-2H3. The maximum Gasteiger partial charge on any atom is 0.126 e. The minimum atomic E-state index is 0.0182. The summed E-state index contributed by atoms with van der Waals surface area (Å²) in [5.41, 5.74) is 2.09. The van der Waals surface area contributed by atoms with E-state index in [2.05, 4.69) is 19.9 Å². The first-order valence-corrected chi connectivity index (χ1v) is 6.51. The van der Waals surface area contributed by atoms with Crippen LogP contribution in [0.4, 0.5) is 4.39 Å². The fourth-order valence-electron chi connectivity index (χ4n) is 2.65. The predicted octanol–water partition coefficient (Wildman–Crippen LogP) is 5.00. The molecule has 1 saturated carbocycles. The smallest absolute Gasteiger partial charge is 0.126 e. The van der Waals surface area contributed by atoms with Crippen molar-refractivity contribution in [3.05, 3.63) is 35.1 Å². The third-order valence-corrected chi connectivity index (χ3v) is 4.00. The Labute approximate surface area is 97.9 Å². The van der Waals surface area contributed by atoms with Gasteiger partial charge >= 0.3 is 0 Å². The van der Waals surface area contributed by atoms with Gasteiger partial charge in [-0.15, -0.1) is 0 Å². The van der Waals surface area contributed by atoms with Gasteiger partial charge in [-0.2, -0.15) is 0 Å². The zero-order valence-electron chi connectivity index (χ0n) is 10.3. The molecule has 0 aromatic heterocycles. The summed E-state index contributed by atoms with van der Waals surface area (Å²) >= 11 is 0. The van der Waals surface area contributed by atoms with Crippen LogP contribution in [0.1, 0.15) is 68.9 Å². The van der Waals surface area contributed by atoms with Crippen LogP contribution in [0.15, 0.2) is 18.2 Å². The molecule has 1 aromatic rings. The van der Waals surface area contributed by atoms with Gasteiger partial charge < -0.3 is 0 Å². The topological polar surface area (TPSA) is 0 Å². The van der Waals surface area contributed by atoms with Gasteiger partial charge in [0, 0.05) is 0 Å². The molecule has 0 heterocycles. The molecular weight excluding hydrogens is 199 g/mol. The molecule has 0 bridgehead atoms. The molecule has 1 aliphatic rings. The quantitative estimate of drug-likeness (QED) is 0.672. The van der Waals surface area contributed by atoms with Gasteiger partial charge in [-0.05, 0) is 48.3 Å². The molecule has 0 N–H and O–H groups in total. The van der Waals surface area contributed by atoms with Crippen molar-refractivity contribution in [1.29, 1.82) is 0 Å². The second-order valence-electron chi connectivity index (χ2n) is 5.07. The SMILES string of the molecule is CCC(C)c1ccc(C2CCCC2)c(F)c1. The fraction of sp³-hybridized carbons (Fsp3) is 0.600. The lowest BCUT2D eigenvalue weighted by molar-refractivity contribution is 0.575. The lowest BCUT2D eigenvalue weighted by Crippen LogP contribution is -1.99. The summed E-state index contributed by atoms with van der Waals surface area (Å²) in [6.07, 6.45) is 5.93. The predicted molar refractivity (Wildman–Crippen MR) is 66.3 cm³/mol. The van der Waals surface area contributed by atoms with Crippen LogP contribution in [0.5, 0.6) is 0 Å². The first kappa shape index (κ1) is 11.6. The number of hydrogen-bond acceptors (Lipinski definition) is 0. The molecule has 88 valence electrons. The lowest BCUT2D eigenvalue weighted by atomic mass is 9.92. The number of halogens is 1. The second kappa shape index (κ2) is 4.99. The van der Waals surface area contributed by atoms with Crippen LogP contribution in [-0.2, 0) is 0 Å². The number of benzene rings is 1. The van der Waals surface area contributed by atoms with E-state index < -0.39 is 0 Å².